The van der Waals surface area contributed by atoms with Crippen molar-refractivity contribution >= 4 is 0 Å². The number of ether oxygens (including phenoxy) is 1. The predicted octanol–water partition coefficient (Wildman–Crippen LogP) is 1.39. The summed E-state index contributed by atoms with van der Waals surface area (Å²) < 4.78 is 5.32. The molecule has 3 nitrogen and oxygen atoms in total. The lowest BCUT2D eigenvalue weighted by molar-refractivity contribution is 0.0666. The molecule has 2 fully saturated rings. The van der Waals surface area contributed by atoms with Crippen molar-refractivity contribution in [3.05, 3.63) is 0 Å². The molecule has 2 N–H and O–H groups in total. The second-order valence-corrected chi connectivity index (χ2v) is 5.00. The van der Waals surface area contributed by atoms with Crippen LogP contribution >= 0.6 is 0 Å². The number of hydrazine groups is 1. The third-order valence-electron chi connectivity index (χ3n) is 4.06. The molecule has 0 aromatic heterocycles. The van der Waals surface area contributed by atoms with E-state index in [1.165, 1.54) is 32.1 Å². The van der Waals surface area contributed by atoms with Gasteiger partial charge < -0.3 is 4.74 Å². The second-order valence-electron chi connectivity index (χ2n) is 5.00. The minimum absolute atomic E-state index is 0.489. The van der Waals surface area contributed by atoms with E-state index in [-0.39, 0.29) is 0 Å². The monoisotopic (exact) mass is 198 g/mol. The second kappa shape index (κ2) is 4.17. The van der Waals surface area contributed by atoms with Crippen LogP contribution in [0.25, 0.3) is 0 Å². The van der Waals surface area contributed by atoms with Gasteiger partial charge in [0.15, 0.2) is 0 Å². The quantitative estimate of drug-likeness (QED) is 0.681. The van der Waals surface area contributed by atoms with E-state index in [9.17, 15) is 0 Å². The summed E-state index contributed by atoms with van der Waals surface area (Å²) in [6, 6.07) is 0. The Bertz CT molecular complexity index is 190. The Morgan fingerprint density at radius 2 is 2.07 bits per heavy atom. The van der Waals surface area contributed by atoms with Crippen LogP contribution in [0.15, 0.2) is 0 Å². The minimum Gasteiger partial charge on any atom is -0.384 e. The average Bonchev–Trinajstić information content (AvgIpc) is 2.45. The van der Waals surface area contributed by atoms with Crippen molar-refractivity contribution in [2.24, 2.45) is 17.2 Å². The summed E-state index contributed by atoms with van der Waals surface area (Å²) in [4.78, 5) is 0. The number of nitrogens with zero attached hydrogens (tertiary/aromatic N) is 1. The first-order valence-corrected chi connectivity index (χ1v) is 5.75. The van der Waals surface area contributed by atoms with Gasteiger partial charge in [0, 0.05) is 26.1 Å². The topological polar surface area (TPSA) is 38.5 Å². The Hall–Kier alpha value is -0.120. The Morgan fingerprint density at radius 3 is 2.71 bits per heavy atom. The van der Waals surface area contributed by atoms with E-state index in [2.05, 4.69) is 0 Å². The smallest absolute Gasteiger partial charge is 0.0509 e. The molecule has 1 saturated heterocycles. The van der Waals surface area contributed by atoms with Gasteiger partial charge in [-0.3, -0.25) is 5.84 Å². The molecule has 3 heteroatoms. The molecule has 1 spiro atoms. The molecule has 82 valence electrons. The van der Waals surface area contributed by atoms with Crippen LogP contribution in [-0.2, 0) is 4.74 Å². The molecule has 0 radical (unpaired) electrons. The van der Waals surface area contributed by atoms with Gasteiger partial charge in [0.25, 0.3) is 0 Å². The van der Waals surface area contributed by atoms with Crippen LogP contribution < -0.4 is 5.84 Å². The highest BCUT2D eigenvalue weighted by atomic mass is 16.5. The third-order valence-corrected chi connectivity index (χ3v) is 4.06. The molecular weight excluding hydrogens is 176 g/mol. The molecule has 2 rings (SSSR count). The van der Waals surface area contributed by atoms with Gasteiger partial charge in [-0.25, -0.2) is 5.01 Å². The van der Waals surface area contributed by atoms with E-state index in [1.807, 2.05) is 5.01 Å². The number of hydrogen-bond acceptors (Lipinski definition) is 3. The van der Waals surface area contributed by atoms with Gasteiger partial charge in [-0.2, -0.15) is 0 Å². The highest BCUT2D eigenvalue weighted by Crippen LogP contribution is 2.46. The van der Waals surface area contributed by atoms with Crippen molar-refractivity contribution in [1.29, 1.82) is 0 Å². The first-order valence-electron chi connectivity index (χ1n) is 5.75. The fourth-order valence-corrected chi connectivity index (χ4v) is 3.33. The maximum absolute atomic E-state index is 5.94. The minimum atomic E-state index is 0.489. The van der Waals surface area contributed by atoms with Crippen LogP contribution in [0.3, 0.4) is 0 Å². The Balaban J connectivity index is 2.05. The Labute approximate surface area is 86.6 Å². The summed E-state index contributed by atoms with van der Waals surface area (Å²) in [6.45, 7) is 2.99. The summed E-state index contributed by atoms with van der Waals surface area (Å²) in [7, 11) is 1.80. The largest absolute Gasteiger partial charge is 0.384 e. The van der Waals surface area contributed by atoms with Crippen LogP contribution in [0.1, 0.15) is 32.1 Å². The normalized spacial score (nSPS) is 32.6. The van der Waals surface area contributed by atoms with Gasteiger partial charge in [-0.05, 0) is 18.3 Å². The molecular formula is C11H22N2O. The van der Waals surface area contributed by atoms with Crippen LogP contribution in [0.5, 0.6) is 0 Å². The number of nitrogens with two attached hydrogens (primary N) is 1. The zero-order valence-electron chi connectivity index (χ0n) is 9.17. The van der Waals surface area contributed by atoms with Gasteiger partial charge in [0.05, 0.1) is 6.61 Å². The van der Waals surface area contributed by atoms with Crippen LogP contribution in [0.4, 0.5) is 0 Å². The molecule has 0 aromatic rings. The molecule has 1 aliphatic heterocycles. The van der Waals surface area contributed by atoms with Crippen molar-refractivity contribution in [2.75, 3.05) is 26.8 Å². The van der Waals surface area contributed by atoms with E-state index in [4.69, 9.17) is 10.6 Å². The van der Waals surface area contributed by atoms with Gasteiger partial charge in [0.2, 0.25) is 0 Å². The molecule has 1 aliphatic carbocycles. The molecule has 0 aromatic carbocycles. The van der Waals surface area contributed by atoms with E-state index in [0.717, 1.165) is 19.7 Å². The lowest BCUT2D eigenvalue weighted by Crippen LogP contribution is -2.35. The maximum atomic E-state index is 5.94. The average molecular weight is 198 g/mol. The van der Waals surface area contributed by atoms with E-state index < -0.39 is 0 Å². The van der Waals surface area contributed by atoms with Crippen molar-refractivity contribution in [3.63, 3.8) is 0 Å². The number of hydrogen-bond donors (Lipinski definition) is 1. The van der Waals surface area contributed by atoms with Crippen LogP contribution in [0, 0.1) is 11.3 Å². The number of methoxy groups -OCH3 is 1. The molecule has 1 heterocycles. The summed E-state index contributed by atoms with van der Waals surface area (Å²) in [5.41, 5.74) is 0.489. The SMILES string of the molecule is COC[C@@H]1CN(N)CC12CCCCC2. The molecule has 14 heavy (non-hydrogen) atoms. The van der Waals surface area contributed by atoms with Gasteiger partial charge in [-0.15, -0.1) is 0 Å². The van der Waals surface area contributed by atoms with Gasteiger partial charge >= 0.3 is 0 Å². The standard InChI is InChI=1S/C11H22N2O/c1-14-8-10-7-13(12)9-11(10)5-3-2-4-6-11/h10H,2-9,12H2,1H3/t10-/m0/s1. The maximum Gasteiger partial charge on any atom is 0.0509 e. The van der Waals surface area contributed by atoms with Crippen molar-refractivity contribution in [1.82, 2.24) is 5.01 Å². The lowest BCUT2D eigenvalue weighted by atomic mass is 9.68. The first kappa shape index (κ1) is 10.4. The number of rotatable bonds is 2. The molecule has 1 saturated carbocycles. The van der Waals surface area contributed by atoms with Crippen LogP contribution in [0.2, 0.25) is 0 Å². The lowest BCUT2D eigenvalue weighted by Gasteiger charge is -2.37. The third kappa shape index (κ3) is 1.81. The van der Waals surface area contributed by atoms with Crippen LogP contribution in [-0.4, -0.2) is 31.8 Å². The predicted molar refractivity (Wildman–Crippen MR) is 56.6 cm³/mol. The highest BCUT2D eigenvalue weighted by Gasteiger charge is 2.45. The van der Waals surface area contributed by atoms with Gasteiger partial charge in [0.1, 0.15) is 0 Å². The Morgan fingerprint density at radius 1 is 1.36 bits per heavy atom. The first-order chi connectivity index (χ1) is 6.77. The fourth-order valence-electron chi connectivity index (χ4n) is 3.33. The van der Waals surface area contributed by atoms with Gasteiger partial charge in [-0.1, -0.05) is 19.3 Å². The molecule has 0 amide bonds. The van der Waals surface area contributed by atoms with Crippen molar-refractivity contribution < 1.29 is 4.74 Å². The summed E-state index contributed by atoms with van der Waals surface area (Å²) >= 11 is 0. The van der Waals surface area contributed by atoms with E-state index >= 15 is 0 Å². The van der Waals surface area contributed by atoms with E-state index in [1.54, 1.807) is 7.11 Å². The zero-order valence-corrected chi connectivity index (χ0v) is 9.17. The molecule has 1 atom stereocenters. The highest BCUT2D eigenvalue weighted by molar-refractivity contribution is 4.96. The summed E-state index contributed by atoms with van der Waals surface area (Å²) in [6.07, 6.45) is 6.89. The van der Waals surface area contributed by atoms with Crippen molar-refractivity contribution in [3.8, 4) is 0 Å². The zero-order chi connectivity index (χ0) is 10.0. The summed E-state index contributed by atoms with van der Waals surface area (Å²) in [5.74, 6) is 6.60. The Kier molecular flexibility index (Phi) is 3.10. The molecule has 0 bridgehead atoms. The fraction of sp³-hybridized carbons (Fsp3) is 1.00. The molecule has 0 unspecified atom stereocenters. The molecule has 2 aliphatic rings. The summed E-state index contributed by atoms with van der Waals surface area (Å²) in [5, 5.41) is 2.00. The van der Waals surface area contributed by atoms with Crippen molar-refractivity contribution in [2.45, 2.75) is 32.1 Å². The van der Waals surface area contributed by atoms with E-state index in [0.29, 0.717) is 11.3 Å².